The Morgan fingerprint density at radius 2 is 2.06 bits per heavy atom. The SMILES string of the molecule is CC1=CC=CC[N-]1.CC1CCCC[N-]1.[Cl][Pt+2][Cl]. The van der Waals surface area contributed by atoms with Crippen molar-refractivity contribution in [2.75, 3.05) is 13.1 Å². The van der Waals surface area contributed by atoms with Crippen molar-refractivity contribution in [2.45, 2.75) is 39.2 Å². The van der Waals surface area contributed by atoms with Crippen molar-refractivity contribution in [3.8, 4) is 0 Å². The monoisotopic (exact) mass is 457 g/mol. The van der Waals surface area contributed by atoms with Gasteiger partial charge in [-0.3, -0.25) is 0 Å². The van der Waals surface area contributed by atoms with Crippen LogP contribution in [0.1, 0.15) is 33.1 Å². The maximum atomic E-state index is 4.88. The third-order valence-electron chi connectivity index (χ3n) is 2.39. The molecule has 17 heavy (non-hydrogen) atoms. The second-order valence-electron chi connectivity index (χ2n) is 3.87. The number of allylic oxidation sites excluding steroid dienone is 3. The Kier molecular flexibility index (Phi) is 13.3. The fourth-order valence-corrected chi connectivity index (χ4v) is 1.47. The number of halogens is 2. The zero-order valence-corrected chi connectivity index (χ0v) is 14.1. The van der Waals surface area contributed by atoms with Crippen molar-refractivity contribution in [3.05, 3.63) is 34.6 Å². The molecular weight excluding hydrogens is 438 g/mol. The molecule has 1 saturated heterocycles. The molecule has 1 unspecified atom stereocenters. The maximum absolute atomic E-state index is 4.88. The van der Waals surface area contributed by atoms with E-state index in [1.807, 2.05) is 25.2 Å². The average Bonchev–Trinajstić information content (AvgIpc) is 2.33. The number of rotatable bonds is 0. The van der Waals surface area contributed by atoms with E-state index in [1.165, 1.54) is 19.3 Å². The van der Waals surface area contributed by atoms with Gasteiger partial charge in [-0.15, -0.1) is 25.2 Å². The van der Waals surface area contributed by atoms with Gasteiger partial charge in [0.25, 0.3) is 0 Å². The molecule has 0 aromatic rings. The van der Waals surface area contributed by atoms with Crippen LogP contribution in [0, 0.1) is 0 Å². The van der Waals surface area contributed by atoms with E-state index in [-0.39, 0.29) is 0 Å². The third kappa shape index (κ3) is 12.8. The Bertz CT molecular complexity index is 227. The van der Waals surface area contributed by atoms with Crippen molar-refractivity contribution in [1.82, 2.24) is 0 Å². The molecule has 0 radical (unpaired) electrons. The summed E-state index contributed by atoms with van der Waals surface area (Å²) in [6, 6.07) is 0.661. The van der Waals surface area contributed by atoms with E-state index >= 15 is 0 Å². The van der Waals surface area contributed by atoms with Crippen molar-refractivity contribution in [1.29, 1.82) is 0 Å². The molecule has 1 atom stereocenters. The van der Waals surface area contributed by atoms with Crippen molar-refractivity contribution in [2.24, 2.45) is 0 Å². The summed E-state index contributed by atoms with van der Waals surface area (Å²) >= 11 is -0.472. The summed E-state index contributed by atoms with van der Waals surface area (Å²) in [6.45, 7) is 6.17. The fraction of sp³-hybridized carbons (Fsp3) is 0.667. The van der Waals surface area contributed by atoms with Crippen LogP contribution in [0.25, 0.3) is 10.6 Å². The van der Waals surface area contributed by atoms with Crippen molar-refractivity contribution in [3.63, 3.8) is 0 Å². The van der Waals surface area contributed by atoms with Gasteiger partial charge in [-0.25, -0.2) is 0 Å². The van der Waals surface area contributed by atoms with Gasteiger partial charge in [0.05, 0.1) is 0 Å². The third-order valence-corrected chi connectivity index (χ3v) is 2.39. The van der Waals surface area contributed by atoms with Crippen LogP contribution in [0.2, 0.25) is 0 Å². The van der Waals surface area contributed by atoms with Crippen LogP contribution in [-0.4, -0.2) is 19.1 Å². The van der Waals surface area contributed by atoms with Crippen molar-refractivity contribution >= 4 is 18.8 Å². The minimum absolute atomic E-state index is 0.472. The Morgan fingerprint density at radius 3 is 2.29 bits per heavy atom. The molecule has 2 heterocycles. The topological polar surface area (TPSA) is 28.2 Å². The van der Waals surface area contributed by atoms with Gasteiger partial charge in [0.2, 0.25) is 0 Å². The number of hydrogen-bond donors (Lipinski definition) is 0. The molecule has 5 heteroatoms. The average molecular weight is 458 g/mol. The molecule has 0 spiro atoms. The molecular formula is C12H20Cl2N2Pt. The molecule has 2 rings (SSSR count). The second-order valence-corrected chi connectivity index (χ2v) is 7.16. The first-order chi connectivity index (χ1) is 8.20. The van der Waals surface area contributed by atoms with E-state index in [0.717, 1.165) is 18.8 Å². The van der Waals surface area contributed by atoms with E-state index in [4.69, 9.17) is 18.8 Å². The summed E-state index contributed by atoms with van der Waals surface area (Å²) in [5.74, 6) is 0. The second kappa shape index (κ2) is 13.0. The Morgan fingerprint density at radius 1 is 1.35 bits per heavy atom. The molecule has 2 nitrogen and oxygen atoms in total. The van der Waals surface area contributed by atoms with Crippen LogP contribution < -0.4 is 0 Å². The standard InChI is InChI=1S/C6H12N.C6H8N.2ClH.Pt/c2*1-6-4-2-3-5-7-6;;;/h6H,2-5H2,1H3;2-4H,5H2,1H3;2*1H;/q2*-1;;;+4/p-2. The normalized spacial score (nSPS) is 22.4. The predicted molar refractivity (Wildman–Crippen MR) is 74.4 cm³/mol. The first-order valence-electron chi connectivity index (χ1n) is 5.70. The quantitative estimate of drug-likeness (QED) is 0.481. The predicted octanol–water partition coefficient (Wildman–Crippen LogP) is 5.14. The van der Waals surface area contributed by atoms with Crippen LogP contribution in [-0.2, 0) is 16.5 Å². The van der Waals surface area contributed by atoms with Gasteiger partial charge < -0.3 is 10.6 Å². The van der Waals surface area contributed by atoms with Crippen LogP contribution in [0.3, 0.4) is 0 Å². The molecule has 1 fully saturated rings. The molecule has 2 aliphatic heterocycles. The van der Waals surface area contributed by atoms with Gasteiger partial charge in [-0.05, 0) is 0 Å². The van der Waals surface area contributed by atoms with Gasteiger partial charge >= 0.3 is 35.3 Å². The van der Waals surface area contributed by atoms with Crippen LogP contribution in [0.4, 0.5) is 0 Å². The Labute approximate surface area is 122 Å². The number of hydrogen-bond acceptors (Lipinski definition) is 0. The van der Waals surface area contributed by atoms with E-state index in [2.05, 4.69) is 17.6 Å². The number of piperidine rings is 1. The van der Waals surface area contributed by atoms with E-state index in [9.17, 15) is 0 Å². The summed E-state index contributed by atoms with van der Waals surface area (Å²) in [5, 5.41) is 8.43. The molecule has 102 valence electrons. The molecule has 2 aliphatic rings. The molecule has 0 aromatic carbocycles. The summed E-state index contributed by atoms with van der Waals surface area (Å²) in [6.07, 6.45) is 10.1. The zero-order chi connectivity index (χ0) is 12.9. The number of nitrogens with zero attached hydrogens (tertiary/aromatic N) is 2. The first kappa shape index (κ1) is 17.5. The summed E-state index contributed by atoms with van der Waals surface area (Å²) in [7, 11) is 9.75. The fourth-order valence-electron chi connectivity index (χ4n) is 1.47. The van der Waals surface area contributed by atoms with Gasteiger partial charge in [-0.1, -0.05) is 45.3 Å². The summed E-state index contributed by atoms with van der Waals surface area (Å²) in [4.78, 5) is 0. The zero-order valence-electron chi connectivity index (χ0n) is 10.3. The van der Waals surface area contributed by atoms with Crippen LogP contribution in [0.15, 0.2) is 23.9 Å². The molecule has 0 N–H and O–H groups in total. The van der Waals surface area contributed by atoms with Gasteiger partial charge in [0.1, 0.15) is 0 Å². The molecule has 0 aliphatic carbocycles. The summed E-state index contributed by atoms with van der Waals surface area (Å²) < 4.78 is 0. The first-order valence-corrected chi connectivity index (χ1v) is 11.3. The van der Waals surface area contributed by atoms with Gasteiger partial charge in [-0.2, -0.15) is 5.70 Å². The van der Waals surface area contributed by atoms with Crippen LogP contribution >= 0.6 is 18.8 Å². The van der Waals surface area contributed by atoms with Crippen molar-refractivity contribution < 1.29 is 16.5 Å². The van der Waals surface area contributed by atoms with Crippen LogP contribution in [0.5, 0.6) is 0 Å². The van der Waals surface area contributed by atoms with Gasteiger partial charge in [0.15, 0.2) is 0 Å². The Balaban J connectivity index is 0.000000247. The summed E-state index contributed by atoms with van der Waals surface area (Å²) in [5.41, 5.74) is 1.13. The van der Waals surface area contributed by atoms with E-state index in [0.29, 0.717) is 6.04 Å². The Hall–Kier alpha value is 0.508. The molecule has 0 saturated carbocycles. The van der Waals surface area contributed by atoms with E-state index < -0.39 is 16.5 Å². The molecule has 0 amide bonds. The molecule has 0 bridgehead atoms. The van der Waals surface area contributed by atoms with Gasteiger partial charge in [0, 0.05) is 0 Å². The van der Waals surface area contributed by atoms with E-state index in [1.54, 1.807) is 0 Å². The minimum atomic E-state index is -0.472. The molecule has 0 aromatic heterocycles.